The van der Waals surface area contributed by atoms with Crippen molar-refractivity contribution >= 4 is 52.0 Å². The molecule has 0 radical (unpaired) electrons. The maximum absolute atomic E-state index is 13.7. The molecule has 0 saturated carbocycles. The molecule has 8 N–H and O–H groups in total. The van der Waals surface area contributed by atoms with Crippen LogP contribution >= 0.6 is 0 Å². The summed E-state index contributed by atoms with van der Waals surface area (Å²) in [6, 6.07) is 26.4. The highest BCUT2D eigenvalue weighted by Gasteiger charge is 2.34. The molecular weight excluding hydrogens is 688 g/mol. The van der Waals surface area contributed by atoms with E-state index < -0.39 is 54.2 Å². The number of carbonyl (C=O) groups is 5. The lowest BCUT2D eigenvalue weighted by atomic mass is 10.0. The third-order valence-corrected chi connectivity index (χ3v) is 9.12. The van der Waals surface area contributed by atoms with Crippen LogP contribution < -0.4 is 42.4 Å². The molecule has 1 heterocycles. The zero-order chi connectivity index (χ0) is 38.5. The number of rotatable bonds is 16. The first kappa shape index (κ1) is 38.8. The molecule has 0 bridgehead atoms. The van der Waals surface area contributed by atoms with Gasteiger partial charge in [0.25, 0.3) is 5.91 Å². The summed E-state index contributed by atoms with van der Waals surface area (Å²) in [7, 11) is 1.60. The first-order valence-electron chi connectivity index (χ1n) is 17.8. The van der Waals surface area contributed by atoms with Crippen LogP contribution in [0.25, 0.3) is 10.8 Å². The lowest BCUT2D eigenvalue weighted by Gasteiger charge is -2.27. The number of aliphatic imine (C=N–C) groups is 1. The summed E-state index contributed by atoms with van der Waals surface area (Å²) in [5.74, 6) is -2.31. The minimum Gasteiger partial charge on any atom is -0.496 e. The molecule has 0 spiro atoms. The number of nitrogens with two attached hydrogens (primary N) is 2. The number of anilines is 1. The first-order chi connectivity index (χ1) is 26.1. The predicted molar refractivity (Wildman–Crippen MR) is 207 cm³/mol. The number of fused-ring (bicyclic) bond motifs is 1. The fourth-order valence-corrected chi connectivity index (χ4v) is 6.43. The van der Waals surface area contributed by atoms with Crippen LogP contribution in [0.3, 0.4) is 0 Å². The molecule has 1 saturated heterocycles. The van der Waals surface area contributed by atoms with Crippen molar-refractivity contribution in [3.8, 4) is 5.75 Å². The molecule has 1 aliphatic rings. The fraction of sp³-hybridized carbons (Fsp3) is 0.300. The summed E-state index contributed by atoms with van der Waals surface area (Å²) in [5, 5.41) is 12.4. The summed E-state index contributed by atoms with van der Waals surface area (Å²) in [4.78, 5) is 72.7. The van der Waals surface area contributed by atoms with Gasteiger partial charge in [-0.2, -0.15) is 0 Å². The Labute approximate surface area is 313 Å². The van der Waals surface area contributed by atoms with E-state index in [4.69, 9.17) is 16.2 Å². The third-order valence-electron chi connectivity index (χ3n) is 9.12. The molecule has 0 unspecified atom stereocenters. The van der Waals surface area contributed by atoms with Gasteiger partial charge < -0.3 is 37.1 Å². The highest BCUT2D eigenvalue weighted by Crippen LogP contribution is 2.34. The molecule has 0 aromatic heterocycles. The van der Waals surface area contributed by atoms with Gasteiger partial charge in [0.1, 0.15) is 23.9 Å². The topological polar surface area (TPSA) is 210 Å². The summed E-state index contributed by atoms with van der Waals surface area (Å²) >= 11 is 0. The summed E-state index contributed by atoms with van der Waals surface area (Å²) in [5.41, 5.74) is 12.7. The average Bonchev–Trinajstić information content (AvgIpc) is 3.68. The second-order valence-corrected chi connectivity index (χ2v) is 12.9. The second kappa shape index (κ2) is 18.9. The molecule has 5 rings (SSSR count). The molecule has 1 aliphatic heterocycles. The number of carbonyl (C=O) groups excluding carboxylic acids is 5. The van der Waals surface area contributed by atoms with E-state index in [1.54, 1.807) is 37.4 Å². The van der Waals surface area contributed by atoms with Crippen molar-refractivity contribution in [2.75, 3.05) is 31.6 Å². The second-order valence-electron chi connectivity index (χ2n) is 12.9. The number of amides is 5. The van der Waals surface area contributed by atoms with Crippen LogP contribution in [0.4, 0.5) is 5.69 Å². The molecule has 4 aromatic carbocycles. The van der Waals surface area contributed by atoms with Crippen LogP contribution in [0, 0.1) is 0 Å². The number of hydrogen-bond donors (Lipinski definition) is 6. The van der Waals surface area contributed by atoms with Crippen molar-refractivity contribution in [3.05, 3.63) is 108 Å². The average molecular weight is 735 g/mol. The Bertz CT molecular complexity index is 1970. The maximum Gasteiger partial charge on any atom is 0.251 e. The summed E-state index contributed by atoms with van der Waals surface area (Å²) in [6.45, 7) is 0.355. The highest BCUT2D eigenvalue weighted by molar-refractivity contribution is 6.03. The van der Waals surface area contributed by atoms with E-state index >= 15 is 0 Å². The van der Waals surface area contributed by atoms with Crippen molar-refractivity contribution in [2.45, 2.75) is 50.2 Å². The molecule has 14 nitrogen and oxygen atoms in total. The van der Waals surface area contributed by atoms with E-state index in [1.807, 2.05) is 71.6 Å². The zero-order valence-corrected chi connectivity index (χ0v) is 30.1. The van der Waals surface area contributed by atoms with Gasteiger partial charge in [0, 0.05) is 42.2 Å². The molecule has 54 heavy (non-hydrogen) atoms. The lowest BCUT2D eigenvalue weighted by molar-refractivity contribution is -0.134. The van der Waals surface area contributed by atoms with E-state index in [0.717, 1.165) is 28.4 Å². The van der Waals surface area contributed by atoms with Gasteiger partial charge in [0.05, 0.1) is 13.7 Å². The van der Waals surface area contributed by atoms with Crippen molar-refractivity contribution in [1.29, 1.82) is 0 Å². The minimum atomic E-state index is -1.13. The van der Waals surface area contributed by atoms with Gasteiger partial charge >= 0.3 is 0 Å². The smallest absolute Gasteiger partial charge is 0.251 e. The monoisotopic (exact) mass is 734 g/mol. The zero-order valence-electron chi connectivity index (χ0n) is 30.1. The van der Waals surface area contributed by atoms with E-state index in [2.05, 4.69) is 26.3 Å². The van der Waals surface area contributed by atoms with Gasteiger partial charge in [0.15, 0.2) is 5.96 Å². The maximum atomic E-state index is 13.7. The lowest BCUT2D eigenvalue weighted by Crippen LogP contribution is -2.55. The minimum absolute atomic E-state index is 0.0937. The van der Waals surface area contributed by atoms with Crippen LogP contribution in [0.1, 0.15) is 41.6 Å². The molecule has 3 atom stereocenters. The van der Waals surface area contributed by atoms with Gasteiger partial charge in [-0.3, -0.25) is 34.3 Å². The number of methoxy groups -OCH3 is 1. The normalized spacial score (nSPS) is 14.7. The van der Waals surface area contributed by atoms with Gasteiger partial charge in [-0.1, -0.05) is 72.8 Å². The standard InChI is InChI=1S/C40H46N8O6/c1-54-34-24-29(23-28-16-8-9-17-30(28)34)48-21-11-19-33(48)39(53)47-38(52)32(22-26-12-4-2-5-13-26)45-35(49)25-44-37(51)31(18-10-20-43-40(41)42)46-36(50)27-14-6-3-7-15-27/h2-9,12-17,23-24,31-33H,10-11,18-22,25H2,1H3,(H,44,51)(H,45,49)(H,46,50)(H4,41,42,43)(H,47,52,53)/t31-,32-,33-/m0/s1. The van der Waals surface area contributed by atoms with Gasteiger partial charge in [0.2, 0.25) is 23.6 Å². The van der Waals surface area contributed by atoms with Gasteiger partial charge in [-0.15, -0.1) is 0 Å². The Hall–Kier alpha value is -6.44. The number of ether oxygens (including phenoxy) is 1. The van der Waals surface area contributed by atoms with E-state index in [9.17, 15) is 24.0 Å². The molecule has 4 aromatic rings. The molecule has 14 heteroatoms. The molecule has 0 aliphatic carbocycles. The molecule has 282 valence electrons. The van der Waals surface area contributed by atoms with E-state index in [0.29, 0.717) is 30.7 Å². The van der Waals surface area contributed by atoms with E-state index in [-0.39, 0.29) is 25.3 Å². The summed E-state index contributed by atoms with van der Waals surface area (Å²) in [6.07, 6.45) is 1.93. The van der Waals surface area contributed by atoms with Crippen molar-refractivity contribution < 1.29 is 28.7 Å². The number of hydrogen-bond acceptors (Lipinski definition) is 8. The quantitative estimate of drug-likeness (QED) is 0.0565. The van der Waals surface area contributed by atoms with Crippen LogP contribution in [-0.4, -0.2) is 80.4 Å². The Morgan fingerprint density at radius 2 is 1.57 bits per heavy atom. The van der Waals surface area contributed by atoms with Crippen molar-refractivity contribution in [3.63, 3.8) is 0 Å². The van der Waals surface area contributed by atoms with E-state index in [1.165, 1.54) is 0 Å². The number of benzene rings is 4. The molecule has 1 fully saturated rings. The Morgan fingerprint density at radius 3 is 2.30 bits per heavy atom. The number of guanidine groups is 1. The van der Waals surface area contributed by atoms with Crippen LogP contribution in [-0.2, 0) is 25.6 Å². The number of nitrogens with one attached hydrogen (secondary N) is 4. The summed E-state index contributed by atoms with van der Waals surface area (Å²) < 4.78 is 5.65. The predicted octanol–water partition coefficient (Wildman–Crippen LogP) is 2.16. The first-order valence-corrected chi connectivity index (χ1v) is 17.8. The van der Waals surface area contributed by atoms with Crippen LogP contribution in [0.2, 0.25) is 0 Å². The van der Waals surface area contributed by atoms with Gasteiger partial charge in [-0.25, -0.2) is 0 Å². The number of imide groups is 1. The third kappa shape index (κ3) is 10.6. The van der Waals surface area contributed by atoms with Crippen molar-refractivity contribution in [2.24, 2.45) is 16.5 Å². The SMILES string of the molecule is COc1cc(N2CCC[C@H]2C(=O)NC(=O)[C@H](Cc2ccccc2)NC(=O)CNC(=O)[C@H](CCCN=C(N)N)NC(=O)c2ccccc2)cc2ccccc12. The fourth-order valence-electron chi connectivity index (χ4n) is 6.43. The largest absolute Gasteiger partial charge is 0.496 e. The Balaban J connectivity index is 1.24. The van der Waals surface area contributed by atoms with Crippen molar-refractivity contribution in [1.82, 2.24) is 21.3 Å². The highest BCUT2D eigenvalue weighted by atomic mass is 16.5. The molecular formula is C40H46N8O6. The van der Waals surface area contributed by atoms with Crippen LogP contribution in [0.15, 0.2) is 102 Å². The van der Waals surface area contributed by atoms with Gasteiger partial charge in [-0.05, 0) is 54.8 Å². The Kier molecular flexibility index (Phi) is 13.6. The Morgan fingerprint density at radius 1 is 0.870 bits per heavy atom. The number of nitrogens with zero attached hydrogens (tertiary/aromatic N) is 2. The van der Waals surface area contributed by atoms with Crippen LogP contribution in [0.5, 0.6) is 5.75 Å². The molecule has 5 amide bonds.